The monoisotopic (exact) mass is 396 g/mol. The molecule has 0 atom stereocenters. The third-order valence-corrected chi connectivity index (χ3v) is 4.59. The average molecular weight is 397 g/mol. The van der Waals surface area contributed by atoms with Crippen LogP contribution in [0, 0.1) is 24.0 Å². The number of hydrogen-bond donors (Lipinski definition) is 1. The molecule has 0 spiro atoms. The maximum Gasteiger partial charge on any atom is 0.272 e. The van der Waals surface area contributed by atoms with E-state index in [1.807, 2.05) is 24.5 Å². The Morgan fingerprint density at radius 1 is 1.18 bits per heavy atom. The zero-order valence-electron chi connectivity index (χ0n) is 15.2. The number of nitrogens with zero attached hydrogens (tertiary/aromatic N) is 3. The van der Waals surface area contributed by atoms with Gasteiger partial charge in [-0.05, 0) is 38.1 Å². The average Bonchev–Trinajstić information content (AvgIpc) is 2.95. The minimum atomic E-state index is -0.426. The molecule has 1 aromatic heterocycles. The standard InChI is InChI=1S/C20H17ClN4O3/c1-13-10-15(12-22-23-20(26)18-8-3-4-9-19(18)21)14(2)24(13)16-6-5-7-17(11-16)25(27)28/h3-12H,1-2H3,(H,23,26)/b22-12-. The lowest BCUT2D eigenvalue weighted by Crippen LogP contribution is -2.18. The van der Waals surface area contributed by atoms with Gasteiger partial charge >= 0.3 is 0 Å². The predicted octanol–water partition coefficient (Wildman–Crippen LogP) is 4.42. The Labute approximate surface area is 166 Å². The number of non-ortho nitro benzene ring substituents is 1. The van der Waals surface area contributed by atoms with Crippen molar-refractivity contribution in [3.8, 4) is 5.69 Å². The Morgan fingerprint density at radius 3 is 2.64 bits per heavy atom. The van der Waals surface area contributed by atoms with Crippen LogP contribution in [0.5, 0.6) is 0 Å². The second kappa shape index (κ2) is 8.06. The molecule has 0 aliphatic rings. The molecule has 0 unspecified atom stereocenters. The van der Waals surface area contributed by atoms with E-state index >= 15 is 0 Å². The van der Waals surface area contributed by atoms with Gasteiger partial charge in [0, 0.05) is 29.1 Å². The van der Waals surface area contributed by atoms with E-state index in [1.54, 1.807) is 36.4 Å². The van der Waals surface area contributed by atoms with Crippen LogP contribution >= 0.6 is 11.6 Å². The Balaban J connectivity index is 1.83. The molecule has 8 heteroatoms. The number of carbonyl (C=O) groups excluding carboxylic acids is 1. The first-order chi connectivity index (χ1) is 13.4. The van der Waals surface area contributed by atoms with E-state index in [4.69, 9.17) is 11.6 Å². The molecule has 28 heavy (non-hydrogen) atoms. The van der Waals surface area contributed by atoms with Crippen molar-refractivity contribution < 1.29 is 9.72 Å². The number of rotatable bonds is 5. The van der Waals surface area contributed by atoms with E-state index in [0.717, 1.165) is 17.0 Å². The molecule has 0 aliphatic carbocycles. The summed E-state index contributed by atoms with van der Waals surface area (Å²) in [6, 6.07) is 15.0. The van der Waals surface area contributed by atoms with Crippen molar-refractivity contribution in [1.82, 2.24) is 9.99 Å². The SMILES string of the molecule is Cc1cc(/C=N\NC(=O)c2ccccc2Cl)c(C)n1-c1cccc([N+](=O)[O-])c1. The van der Waals surface area contributed by atoms with Gasteiger partial charge in [-0.3, -0.25) is 14.9 Å². The molecule has 1 amide bonds. The summed E-state index contributed by atoms with van der Waals surface area (Å²) in [5.74, 6) is -0.408. The second-order valence-corrected chi connectivity index (χ2v) is 6.53. The van der Waals surface area contributed by atoms with Crippen LogP contribution in [0.4, 0.5) is 5.69 Å². The van der Waals surface area contributed by atoms with Gasteiger partial charge in [-0.2, -0.15) is 5.10 Å². The fraction of sp³-hybridized carbons (Fsp3) is 0.100. The fourth-order valence-corrected chi connectivity index (χ4v) is 3.15. The fourth-order valence-electron chi connectivity index (χ4n) is 2.93. The highest BCUT2D eigenvalue weighted by Gasteiger charge is 2.13. The Kier molecular flexibility index (Phi) is 5.56. The number of aryl methyl sites for hydroxylation is 1. The molecule has 0 fully saturated rings. The van der Waals surface area contributed by atoms with Crippen molar-refractivity contribution in [3.63, 3.8) is 0 Å². The summed E-state index contributed by atoms with van der Waals surface area (Å²) in [7, 11) is 0. The van der Waals surface area contributed by atoms with Crippen LogP contribution in [0.3, 0.4) is 0 Å². The molecule has 0 aliphatic heterocycles. The van der Waals surface area contributed by atoms with Gasteiger partial charge in [0.25, 0.3) is 11.6 Å². The highest BCUT2D eigenvalue weighted by atomic mass is 35.5. The number of halogens is 1. The lowest BCUT2D eigenvalue weighted by molar-refractivity contribution is -0.384. The molecule has 1 heterocycles. The predicted molar refractivity (Wildman–Crippen MR) is 108 cm³/mol. The number of hydrazone groups is 1. The van der Waals surface area contributed by atoms with E-state index < -0.39 is 10.8 Å². The number of hydrogen-bond acceptors (Lipinski definition) is 4. The number of aromatic nitrogens is 1. The maximum atomic E-state index is 12.2. The van der Waals surface area contributed by atoms with Gasteiger partial charge < -0.3 is 4.57 Å². The van der Waals surface area contributed by atoms with Gasteiger partial charge in [0.2, 0.25) is 0 Å². The molecule has 3 rings (SSSR count). The maximum absolute atomic E-state index is 12.2. The third-order valence-electron chi connectivity index (χ3n) is 4.26. The van der Waals surface area contributed by atoms with Gasteiger partial charge in [-0.15, -0.1) is 0 Å². The first kappa shape index (κ1) is 19.3. The molecule has 3 aromatic rings. The van der Waals surface area contributed by atoms with Crippen molar-refractivity contribution in [2.75, 3.05) is 0 Å². The molecule has 0 radical (unpaired) electrons. The van der Waals surface area contributed by atoms with Crippen molar-refractivity contribution >= 4 is 29.4 Å². The summed E-state index contributed by atoms with van der Waals surface area (Å²) in [5, 5.41) is 15.4. The largest absolute Gasteiger partial charge is 0.318 e. The van der Waals surface area contributed by atoms with E-state index in [9.17, 15) is 14.9 Å². The molecule has 0 saturated carbocycles. The quantitative estimate of drug-likeness (QED) is 0.393. The number of carbonyl (C=O) groups is 1. The molecule has 2 aromatic carbocycles. The first-order valence-corrected chi connectivity index (χ1v) is 8.78. The van der Waals surface area contributed by atoms with Crippen LogP contribution in [0.2, 0.25) is 5.02 Å². The molecule has 7 nitrogen and oxygen atoms in total. The van der Waals surface area contributed by atoms with Crippen molar-refractivity contribution in [2.45, 2.75) is 13.8 Å². The highest BCUT2D eigenvalue weighted by Crippen LogP contribution is 2.23. The van der Waals surface area contributed by atoms with Gasteiger partial charge in [0.1, 0.15) is 0 Å². The summed E-state index contributed by atoms with van der Waals surface area (Å²) >= 11 is 6.00. The summed E-state index contributed by atoms with van der Waals surface area (Å²) in [6.07, 6.45) is 1.53. The van der Waals surface area contributed by atoms with E-state index in [1.165, 1.54) is 18.3 Å². The van der Waals surface area contributed by atoms with Crippen molar-refractivity contribution in [2.24, 2.45) is 5.10 Å². The molecule has 0 saturated heterocycles. The zero-order valence-corrected chi connectivity index (χ0v) is 16.0. The number of nitro benzene ring substituents is 1. The minimum absolute atomic E-state index is 0.0206. The smallest absolute Gasteiger partial charge is 0.272 e. The number of benzene rings is 2. The number of nitro groups is 1. The summed E-state index contributed by atoms with van der Waals surface area (Å²) in [5.41, 5.74) is 6.01. The summed E-state index contributed by atoms with van der Waals surface area (Å²) in [4.78, 5) is 22.8. The van der Waals surface area contributed by atoms with Crippen LogP contribution in [-0.4, -0.2) is 21.6 Å². The normalized spacial score (nSPS) is 11.0. The Bertz CT molecular complexity index is 1090. The van der Waals surface area contributed by atoms with Gasteiger partial charge in [-0.1, -0.05) is 29.8 Å². The highest BCUT2D eigenvalue weighted by molar-refractivity contribution is 6.33. The van der Waals surface area contributed by atoms with Gasteiger partial charge in [-0.25, -0.2) is 5.43 Å². The zero-order chi connectivity index (χ0) is 20.3. The molecule has 142 valence electrons. The van der Waals surface area contributed by atoms with Crippen LogP contribution in [0.1, 0.15) is 27.3 Å². The lowest BCUT2D eigenvalue weighted by atomic mass is 10.2. The Hall–Kier alpha value is -3.45. The van der Waals surface area contributed by atoms with Crippen LogP contribution in [0.25, 0.3) is 5.69 Å². The van der Waals surface area contributed by atoms with Crippen molar-refractivity contribution in [3.05, 3.63) is 92.2 Å². The van der Waals surface area contributed by atoms with E-state index in [2.05, 4.69) is 10.5 Å². The third kappa shape index (κ3) is 3.94. The van der Waals surface area contributed by atoms with Crippen LogP contribution in [0.15, 0.2) is 59.7 Å². The van der Waals surface area contributed by atoms with E-state index in [0.29, 0.717) is 16.3 Å². The topological polar surface area (TPSA) is 89.5 Å². The lowest BCUT2D eigenvalue weighted by Gasteiger charge is -2.09. The van der Waals surface area contributed by atoms with Crippen LogP contribution in [-0.2, 0) is 0 Å². The van der Waals surface area contributed by atoms with Gasteiger partial charge in [0.15, 0.2) is 0 Å². The summed E-state index contributed by atoms with van der Waals surface area (Å²) < 4.78 is 1.89. The van der Waals surface area contributed by atoms with Crippen molar-refractivity contribution in [1.29, 1.82) is 0 Å². The summed E-state index contributed by atoms with van der Waals surface area (Å²) in [6.45, 7) is 3.77. The molecular weight excluding hydrogens is 380 g/mol. The molecule has 0 bridgehead atoms. The minimum Gasteiger partial charge on any atom is -0.318 e. The van der Waals surface area contributed by atoms with E-state index in [-0.39, 0.29) is 5.69 Å². The number of amides is 1. The molecule has 1 N–H and O–H groups in total. The Morgan fingerprint density at radius 2 is 1.93 bits per heavy atom. The molecular formula is C20H17ClN4O3. The van der Waals surface area contributed by atoms with Gasteiger partial charge in [0.05, 0.1) is 27.4 Å². The second-order valence-electron chi connectivity index (χ2n) is 6.12. The van der Waals surface area contributed by atoms with Crippen LogP contribution < -0.4 is 5.43 Å². The first-order valence-electron chi connectivity index (χ1n) is 8.40. The number of nitrogens with one attached hydrogen (secondary N) is 1.